The van der Waals surface area contributed by atoms with E-state index in [-0.39, 0.29) is 6.10 Å². The first-order valence-electron chi connectivity index (χ1n) is 9.21. The average molecular weight is 332 g/mol. The second-order valence-corrected chi connectivity index (χ2v) is 7.14. The van der Waals surface area contributed by atoms with Crippen molar-refractivity contribution in [2.24, 2.45) is 5.92 Å². The third-order valence-electron chi connectivity index (χ3n) is 5.08. The lowest BCUT2D eigenvalue weighted by molar-refractivity contribution is -0.104. The lowest BCUT2D eigenvalue weighted by atomic mass is 9.85. The summed E-state index contributed by atoms with van der Waals surface area (Å²) in [5.41, 5.74) is 0. The van der Waals surface area contributed by atoms with E-state index >= 15 is 0 Å². The Morgan fingerprint density at radius 1 is 1.29 bits per heavy atom. The van der Waals surface area contributed by atoms with E-state index in [9.17, 15) is 4.79 Å². The van der Waals surface area contributed by atoms with Gasteiger partial charge in [-0.3, -0.25) is 9.69 Å². The second kappa shape index (κ2) is 9.80. The van der Waals surface area contributed by atoms with Crippen LogP contribution in [0.1, 0.15) is 39.5 Å². The Balaban J connectivity index is 1.81. The Morgan fingerprint density at radius 3 is 2.58 bits per heavy atom. The molecule has 0 spiro atoms. The molecule has 2 rings (SSSR count). The minimum atomic E-state index is 0.262. The number of aldehydes is 1. The number of nitrogens with zero attached hydrogens (tertiary/aromatic N) is 1. The summed E-state index contributed by atoms with van der Waals surface area (Å²) in [6.45, 7) is 11.9. The fourth-order valence-electron chi connectivity index (χ4n) is 3.59. The Bertz CT molecular complexity index is 458. The van der Waals surface area contributed by atoms with Crippen LogP contribution in [0.5, 0.6) is 0 Å². The summed E-state index contributed by atoms with van der Waals surface area (Å²) in [5, 5.41) is 3.45. The Hall–Kier alpha value is -1.39. The standard InChI is InChI=1S/C20H32N2O2/c1-4-19(7-5-6-12-23)24-20-13-18(14-20)22(16(2)3)15-17-8-10-21-11-9-17/h4-7,12,16-18,20-21H,1,8-11,13-15H2,2-3H3/b6-5+,19-7+. The molecule has 0 amide bonds. The van der Waals surface area contributed by atoms with E-state index in [1.165, 1.54) is 25.5 Å². The molecule has 4 nitrogen and oxygen atoms in total. The van der Waals surface area contributed by atoms with E-state index < -0.39 is 0 Å². The highest BCUT2D eigenvalue weighted by atomic mass is 16.5. The lowest BCUT2D eigenvalue weighted by Gasteiger charge is -2.46. The zero-order valence-electron chi connectivity index (χ0n) is 15.1. The van der Waals surface area contributed by atoms with Gasteiger partial charge in [0, 0.05) is 31.5 Å². The molecule has 1 heterocycles. The third-order valence-corrected chi connectivity index (χ3v) is 5.08. The van der Waals surface area contributed by atoms with Crippen molar-refractivity contribution in [3.05, 3.63) is 36.6 Å². The molecule has 4 heteroatoms. The van der Waals surface area contributed by atoms with E-state index in [0.29, 0.717) is 12.1 Å². The van der Waals surface area contributed by atoms with Gasteiger partial charge < -0.3 is 10.1 Å². The summed E-state index contributed by atoms with van der Waals surface area (Å²) in [6.07, 6.45) is 12.4. The molecule has 1 saturated heterocycles. The quantitative estimate of drug-likeness (QED) is 0.305. The molecule has 134 valence electrons. The maximum atomic E-state index is 10.3. The van der Waals surface area contributed by atoms with Crippen molar-refractivity contribution >= 4 is 6.29 Å². The van der Waals surface area contributed by atoms with Gasteiger partial charge >= 0.3 is 0 Å². The van der Waals surface area contributed by atoms with E-state index in [4.69, 9.17) is 4.74 Å². The summed E-state index contributed by atoms with van der Waals surface area (Å²) in [5.74, 6) is 1.57. The predicted molar refractivity (Wildman–Crippen MR) is 98.8 cm³/mol. The number of hydrogen-bond acceptors (Lipinski definition) is 4. The van der Waals surface area contributed by atoms with Gasteiger partial charge in [0.05, 0.1) is 0 Å². The molecule has 0 unspecified atom stereocenters. The lowest BCUT2D eigenvalue weighted by Crippen LogP contribution is -2.52. The van der Waals surface area contributed by atoms with Crippen molar-refractivity contribution in [3.63, 3.8) is 0 Å². The van der Waals surface area contributed by atoms with Crippen LogP contribution in [0.2, 0.25) is 0 Å². The van der Waals surface area contributed by atoms with Gasteiger partial charge in [0.25, 0.3) is 0 Å². The van der Waals surface area contributed by atoms with E-state index in [0.717, 1.165) is 43.9 Å². The highest BCUT2D eigenvalue weighted by Gasteiger charge is 2.37. The molecule has 0 bridgehead atoms. The van der Waals surface area contributed by atoms with Gasteiger partial charge in [0.15, 0.2) is 0 Å². The van der Waals surface area contributed by atoms with Gasteiger partial charge in [0.2, 0.25) is 0 Å². The number of allylic oxidation sites excluding steroid dienone is 4. The molecule has 0 aromatic rings. The zero-order valence-corrected chi connectivity index (χ0v) is 15.1. The summed E-state index contributed by atoms with van der Waals surface area (Å²) in [7, 11) is 0. The van der Waals surface area contributed by atoms with Crippen molar-refractivity contribution in [1.29, 1.82) is 0 Å². The first kappa shape index (κ1) is 18.9. The largest absolute Gasteiger partial charge is 0.490 e. The van der Waals surface area contributed by atoms with Crippen LogP contribution in [0.15, 0.2) is 36.6 Å². The maximum Gasteiger partial charge on any atom is 0.142 e. The molecule has 2 fully saturated rings. The van der Waals surface area contributed by atoms with Crippen LogP contribution in [0.3, 0.4) is 0 Å². The van der Waals surface area contributed by atoms with Crippen LogP contribution in [0, 0.1) is 5.92 Å². The molecule has 0 aromatic carbocycles. The van der Waals surface area contributed by atoms with Gasteiger partial charge in [-0.05, 0) is 63.9 Å². The smallest absolute Gasteiger partial charge is 0.142 e. The van der Waals surface area contributed by atoms with E-state index in [2.05, 4.69) is 30.6 Å². The van der Waals surface area contributed by atoms with Gasteiger partial charge in [-0.2, -0.15) is 0 Å². The SMILES string of the molecule is C=C/C(=C\C=C\C=O)OC1CC(N(CC2CCNCC2)C(C)C)C1. The highest BCUT2D eigenvalue weighted by Crippen LogP contribution is 2.32. The van der Waals surface area contributed by atoms with Crippen molar-refractivity contribution in [3.8, 4) is 0 Å². The Labute approximate surface area is 146 Å². The molecule has 0 radical (unpaired) electrons. The van der Waals surface area contributed by atoms with Crippen LogP contribution >= 0.6 is 0 Å². The van der Waals surface area contributed by atoms with Crippen LogP contribution in [-0.4, -0.2) is 49.0 Å². The average Bonchev–Trinajstić information content (AvgIpc) is 2.55. The number of carbonyl (C=O) groups excluding carboxylic acids is 1. The van der Waals surface area contributed by atoms with Gasteiger partial charge in [0.1, 0.15) is 18.1 Å². The van der Waals surface area contributed by atoms with E-state index in [1.54, 1.807) is 18.2 Å². The summed E-state index contributed by atoms with van der Waals surface area (Å²) < 4.78 is 5.97. The molecule has 24 heavy (non-hydrogen) atoms. The normalized spacial score (nSPS) is 25.9. The molecule has 2 aliphatic rings. The first-order valence-corrected chi connectivity index (χ1v) is 9.21. The molecule has 1 aliphatic heterocycles. The van der Waals surface area contributed by atoms with Crippen LogP contribution in [0.25, 0.3) is 0 Å². The number of piperidine rings is 1. The monoisotopic (exact) mass is 332 g/mol. The third kappa shape index (κ3) is 5.60. The van der Waals surface area contributed by atoms with Crippen molar-refractivity contribution in [2.75, 3.05) is 19.6 Å². The van der Waals surface area contributed by atoms with Crippen molar-refractivity contribution in [1.82, 2.24) is 10.2 Å². The summed E-state index contributed by atoms with van der Waals surface area (Å²) in [6, 6.07) is 1.21. The Kier molecular flexibility index (Phi) is 7.73. The van der Waals surface area contributed by atoms with Crippen molar-refractivity contribution < 1.29 is 9.53 Å². The number of hydrogen-bond donors (Lipinski definition) is 1. The zero-order chi connectivity index (χ0) is 17.4. The molecule has 1 aliphatic carbocycles. The maximum absolute atomic E-state index is 10.3. The first-order chi connectivity index (χ1) is 11.6. The molecule has 1 saturated carbocycles. The van der Waals surface area contributed by atoms with Gasteiger partial charge in [-0.1, -0.05) is 12.7 Å². The van der Waals surface area contributed by atoms with Crippen LogP contribution < -0.4 is 5.32 Å². The molecular weight excluding hydrogens is 300 g/mol. The highest BCUT2D eigenvalue weighted by molar-refractivity contribution is 5.65. The molecule has 0 aromatic heterocycles. The Morgan fingerprint density at radius 2 is 2.00 bits per heavy atom. The number of carbonyl (C=O) groups is 1. The predicted octanol–water partition coefficient (Wildman–Crippen LogP) is 3.07. The van der Waals surface area contributed by atoms with E-state index in [1.807, 2.05) is 0 Å². The summed E-state index contributed by atoms with van der Waals surface area (Å²) in [4.78, 5) is 13.0. The van der Waals surface area contributed by atoms with Gasteiger partial charge in [-0.25, -0.2) is 0 Å². The van der Waals surface area contributed by atoms with Gasteiger partial charge in [-0.15, -0.1) is 0 Å². The van der Waals surface area contributed by atoms with Crippen LogP contribution in [-0.2, 0) is 9.53 Å². The molecule has 0 atom stereocenters. The second-order valence-electron chi connectivity index (χ2n) is 7.14. The topological polar surface area (TPSA) is 41.6 Å². The summed E-state index contributed by atoms with van der Waals surface area (Å²) >= 11 is 0. The molecular formula is C20H32N2O2. The minimum absolute atomic E-state index is 0.262. The molecule has 1 N–H and O–H groups in total. The number of ether oxygens (including phenoxy) is 1. The van der Waals surface area contributed by atoms with Crippen LogP contribution in [0.4, 0.5) is 0 Å². The fourth-order valence-corrected chi connectivity index (χ4v) is 3.59. The van der Waals surface area contributed by atoms with Crippen molar-refractivity contribution in [2.45, 2.75) is 57.7 Å². The number of rotatable bonds is 9. The minimum Gasteiger partial charge on any atom is -0.490 e. The number of nitrogens with one attached hydrogen (secondary N) is 1. The fraction of sp³-hybridized carbons (Fsp3) is 0.650.